The number of nitrogens with zero attached hydrogens (tertiary/aromatic N) is 3. The fourth-order valence-electron chi connectivity index (χ4n) is 3.65. The molecular weight excluding hydrogens is 450 g/mol. The van der Waals surface area contributed by atoms with Gasteiger partial charge in [-0.2, -0.15) is 0 Å². The lowest BCUT2D eigenvalue weighted by molar-refractivity contribution is 0.129. The summed E-state index contributed by atoms with van der Waals surface area (Å²) in [6.07, 6.45) is 2.96. The van der Waals surface area contributed by atoms with Crippen molar-refractivity contribution in [3.05, 3.63) is 65.1 Å². The Bertz CT molecular complexity index is 1150. The van der Waals surface area contributed by atoms with E-state index in [-0.39, 0.29) is 17.5 Å². The van der Waals surface area contributed by atoms with Gasteiger partial charge in [0, 0.05) is 47.1 Å². The van der Waals surface area contributed by atoms with Gasteiger partial charge in [-0.1, -0.05) is 5.16 Å². The van der Waals surface area contributed by atoms with Crippen LogP contribution < -0.4 is 4.72 Å². The highest BCUT2D eigenvalue weighted by molar-refractivity contribution is 7.84. The smallest absolute Gasteiger partial charge is 0.139 e. The monoisotopic (exact) mass is 478 g/mol. The largest absolute Gasteiger partial charge is 0.388 e. The van der Waals surface area contributed by atoms with Crippen molar-refractivity contribution < 1.29 is 22.6 Å². The molecule has 2 aromatic heterocycles. The number of aliphatic hydroxyl groups excluding tert-OH is 1. The summed E-state index contributed by atoms with van der Waals surface area (Å²) in [4.78, 5) is 7.81. The van der Waals surface area contributed by atoms with Crippen molar-refractivity contribution in [1.82, 2.24) is 19.8 Å². The third-order valence-electron chi connectivity index (χ3n) is 5.42. The minimum Gasteiger partial charge on any atom is -0.388 e. The van der Waals surface area contributed by atoms with Crippen LogP contribution in [0.1, 0.15) is 62.8 Å². The van der Waals surface area contributed by atoms with Gasteiger partial charge in [0.15, 0.2) is 0 Å². The average molecular weight is 479 g/mol. The lowest BCUT2D eigenvalue weighted by Gasteiger charge is -2.36. The molecule has 2 N–H and O–H groups in total. The normalized spacial score (nSPS) is 15.8. The maximum Gasteiger partial charge on any atom is 0.139 e. The number of benzene rings is 1. The van der Waals surface area contributed by atoms with E-state index in [1.807, 2.05) is 0 Å². The molecule has 1 aromatic carbocycles. The predicted molar refractivity (Wildman–Crippen MR) is 121 cm³/mol. The van der Waals surface area contributed by atoms with Gasteiger partial charge >= 0.3 is 0 Å². The topological polar surface area (TPSA) is 101 Å². The SMILES string of the molecule is Cc1noc(C)c1[C@H](O)C[C@@](C)(NS(=O)C(C)(C)C)c1cc(-c2cncnc2)c(F)cc1F. The van der Waals surface area contributed by atoms with Gasteiger partial charge in [0.25, 0.3) is 0 Å². The number of rotatable bonds is 7. The van der Waals surface area contributed by atoms with Crippen molar-refractivity contribution in [2.45, 2.75) is 64.4 Å². The second-order valence-electron chi connectivity index (χ2n) is 9.21. The number of aliphatic hydroxyl groups is 1. The molecule has 0 amide bonds. The number of nitrogens with one attached hydrogen (secondary N) is 1. The molecule has 3 rings (SSSR count). The molecule has 0 aliphatic carbocycles. The molecule has 0 aliphatic rings. The average Bonchev–Trinajstić information content (AvgIpc) is 3.06. The Balaban J connectivity index is 2.14. The molecule has 0 radical (unpaired) electrons. The molecule has 0 fully saturated rings. The van der Waals surface area contributed by atoms with E-state index in [4.69, 9.17) is 4.52 Å². The first-order valence-corrected chi connectivity index (χ1v) is 11.5. The van der Waals surface area contributed by atoms with Crippen LogP contribution in [-0.4, -0.2) is 29.2 Å². The standard InChI is InChI=1S/C23H28F2N4O3S/c1-13-21(14(2)32-28-13)20(30)9-23(6,29-33(31)22(3,4)5)17-7-16(18(24)8-19(17)25)15-10-26-12-27-11-15/h7-8,10-12,20,29-30H,9H2,1-6H3/t20-,23-,33?/m1/s1. The number of hydrogen-bond acceptors (Lipinski definition) is 6. The summed E-state index contributed by atoms with van der Waals surface area (Å²) < 4.78 is 50.4. The van der Waals surface area contributed by atoms with E-state index < -0.39 is 39.0 Å². The fraction of sp³-hybridized carbons (Fsp3) is 0.435. The minimum absolute atomic E-state index is 0.0474. The van der Waals surface area contributed by atoms with E-state index in [0.717, 1.165) is 6.07 Å². The highest BCUT2D eigenvalue weighted by atomic mass is 32.2. The van der Waals surface area contributed by atoms with Crippen LogP contribution in [0.5, 0.6) is 0 Å². The number of halogens is 2. The van der Waals surface area contributed by atoms with Crippen molar-refractivity contribution in [3.63, 3.8) is 0 Å². The zero-order valence-corrected chi connectivity index (χ0v) is 20.3. The van der Waals surface area contributed by atoms with Gasteiger partial charge in [0.2, 0.25) is 0 Å². The second kappa shape index (κ2) is 9.36. The molecule has 178 valence electrons. The highest BCUT2D eigenvalue weighted by Crippen LogP contribution is 2.38. The zero-order valence-electron chi connectivity index (χ0n) is 19.4. The van der Waals surface area contributed by atoms with Crippen LogP contribution in [0.4, 0.5) is 8.78 Å². The van der Waals surface area contributed by atoms with Gasteiger partial charge in [-0.3, -0.25) is 0 Å². The molecular formula is C23H28F2N4O3S. The number of hydrogen-bond donors (Lipinski definition) is 2. The Hall–Kier alpha value is -2.56. The summed E-state index contributed by atoms with van der Waals surface area (Å²) in [7, 11) is -1.63. The summed E-state index contributed by atoms with van der Waals surface area (Å²) in [6.45, 7) is 10.3. The molecule has 0 saturated carbocycles. The zero-order chi connectivity index (χ0) is 24.6. The Kier molecular flexibility index (Phi) is 7.11. The molecule has 1 unspecified atom stereocenters. The molecule has 0 aliphatic heterocycles. The van der Waals surface area contributed by atoms with Gasteiger partial charge in [0.1, 0.15) is 23.7 Å². The van der Waals surface area contributed by atoms with Crippen LogP contribution in [0.25, 0.3) is 11.1 Å². The van der Waals surface area contributed by atoms with Crippen molar-refractivity contribution in [2.75, 3.05) is 0 Å². The summed E-state index contributed by atoms with van der Waals surface area (Å²) in [5.74, 6) is -1.18. The predicted octanol–water partition coefficient (Wildman–Crippen LogP) is 4.42. The molecule has 33 heavy (non-hydrogen) atoms. The van der Waals surface area contributed by atoms with E-state index >= 15 is 4.39 Å². The molecule has 0 bridgehead atoms. The van der Waals surface area contributed by atoms with Crippen LogP contribution in [0.2, 0.25) is 0 Å². The van der Waals surface area contributed by atoms with Crippen molar-refractivity contribution >= 4 is 11.0 Å². The van der Waals surface area contributed by atoms with Gasteiger partial charge in [-0.15, -0.1) is 0 Å². The van der Waals surface area contributed by atoms with Gasteiger partial charge in [0.05, 0.1) is 33.1 Å². The Morgan fingerprint density at radius 2 is 1.76 bits per heavy atom. The van der Waals surface area contributed by atoms with E-state index in [2.05, 4.69) is 19.8 Å². The van der Waals surface area contributed by atoms with Gasteiger partial charge in [-0.05, 0) is 47.6 Å². The fourth-order valence-corrected chi connectivity index (χ4v) is 4.56. The van der Waals surface area contributed by atoms with Crippen LogP contribution in [0.3, 0.4) is 0 Å². The minimum atomic E-state index is -1.63. The van der Waals surface area contributed by atoms with Crippen molar-refractivity contribution in [1.29, 1.82) is 0 Å². The molecule has 0 saturated heterocycles. The quantitative estimate of drug-likeness (QED) is 0.521. The maximum absolute atomic E-state index is 15.2. The summed E-state index contributed by atoms with van der Waals surface area (Å²) >= 11 is 0. The van der Waals surface area contributed by atoms with Crippen LogP contribution in [0, 0.1) is 25.5 Å². The van der Waals surface area contributed by atoms with Gasteiger partial charge < -0.3 is 9.63 Å². The highest BCUT2D eigenvalue weighted by Gasteiger charge is 2.38. The first-order chi connectivity index (χ1) is 15.3. The Labute approximate surface area is 194 Å². The lowest BCUT2D eigenvalue weighted by atomic mass is 9.83. The lowest BCUT2D eigenvalue weighted by Crippen LogP contribution is -2.47. The third kappa shape index (κ3) is 5.34. The number of aryl methyl sites for hydroxylation is 2. The summed E-state index contributed by atoms with van der Waals surface area (Å²) in [5, 5.41) is 14.9. The van der Waals surface area contributed by atoms with E-state index in [0.29, 0.717) is 22.6 Å². The maximum atomic E-state index is 15.2. The molecule has 2 heterocycles. The molecule has 7 nitrogen and oxygen atoms in total. The first kappa shape index (κ1) is 25.1. The van der Waals surface area contributed by atoms with E-state index in [1.165, 1.54) is 24.8 Å². The molecule has 0 spiro atoms. The Morgan fingerprint density at radius 3 is 2.30 bits per heavy atom. The second-order valence-corrected chi connectivity index (χ2v) is 11.2. The number of aromatic nitrogens is 3. The molecule has 10 heteroatoms. The van der Waals surface area contributed by atoms with Crippen LogP contribution in [0.15, 0.2) is 35.4 Å². The third-order valence-corrected chi connectivity index (χ3v) is 7.17. The van der Waals surface area contributed by atoms with E-state index in [9.17, 15) is 13.7 Å². The van der Waals surface area contributed by atoms with Crippen LogP contribution in [-0.2, 0) is 16.5 Å². The van der Waals surface area contributed by atoms with Gasteiger partial charge in [-0.25, -0.2) is 27.7 Å². The van der Waals surface area contributed by atoms with Crippen molar-refractivity contribution in [3.8, 4) is 11.1 Å². The Morgan fingerprint density at radius 1 is 1.12 bits per heavy atom. The first-order valence-electron chi connectivity index (χ1n) is 10.4. The van der Waals surface area contributed by atoms with Crippen molar-refractivity contribution in [2.24, 2.45) is 0 Å². The van der Waals surface area contributed by atoms with Crippen LogP contribution >= 0.6 is 0 Å². The van der Waals surface area contributed by atoms with E-state index in [1.54, 1.807) is 41.5 Å². The summed E-state index contributed by atoms with van der Waals surface area (Å²) in [6, 6.07) is 2.12. The molecule has 3 atom stereocenters. The summed E-state index contributed by atoms with van der Waals surface area (Å²) in [5.41, 5.74) is 0.127. The molecule has 3 aromatic rings.